The number of hydrogen-bond donors (Lipinski definition) is 3. The molecule has 3 aliphatic heterocycles. The average Bonchev–Trinajstić information content (AvgIpc) is 2.96. The first-order chi connectivity index (χ1) is 13.1. The number of nitrogens with one attached hydrogen (secondary N) is 3. The number of benzene rings is 1. The molecule has 0 aromatic heterocycles. The minimum atomic E-state index is -0.193. The van der Waals surface area contributed by atoms with E-state index in [2.05, 4.69) is 16.2 Å². The van der Waals surface area contributed by atoms with Gasteiger partial charge in [-0.3, -0.25) is 15.0 Å². The molecule has 3 unspecified atom stereocenters. The van der Waals surface area contributed by atoms with Gasteiger partial charge in [0.2, 0.25) is 5.91 Å². The van der Waals surface area contributed by atoms with Gasteiger partial charge in [-0.1, -0.05) is 11.6 Å². The van der Waals surface area contributed by atoms with Crippen LogP contribution in [0.2, 0.25) is 5.02 Å². The number of carbonyl (C=O) groups excluding carboxylic acids is 2. The predicted molar refractivity (Wildman–Crippen MR) is 103 cm³/mol. The molecule has 4 rings (SSSR count). The van der Waals surface area contributed by atoms with E-state index in [1.54, 1.807) is 24.3 Å². The highest BCUT2D eigenvalue weighted by Gasteiger charge is 2.42. The summed E-state index contributed by atoms with van der Waals surface area (Å²) in [7, 11) is 0. The summed E-state index contributed by atoms with van der Waals surface area (Å²) in [5.74, 6) is 0.416. The minimum absolute atomic E-state index is 0.00170. The number of hydrogen-bond acceptors (Lipinski definition) is 5. The van der Waals surface area contributed by atoms with Gasteiger partial charge in [-0.2, -0.15) is 0 Å². The topological polar surface area (TPSA) is 76.7 Å². The maximum atomic E-state index is 13.1. The zero-order valence-electron chi connectivity index (χ0n) is 15.3. The second-order valence-electron chi connectivity index (χ2n) is 7.51. The Morgan fingerprint density at radius 2 is 1.74 bits per heavy atom. The molecule has 3 saturated heterocycles. The van der Waals surface area contributed by atoms with Crippen LogP contribution in [0.3, 0.4) is 0 Å². The van der Waals surface area contributed by atoms with Gasteiger partial charge in [0.15, 0.2) is 0 Å². The van der Waals surface area contributed by atoms with Crippen LogP contribution in [0.5, 0.6) is 0 Å². The molecule has 7 nitrogen and oxygen atoms in total. The van der Waals surface area contributed by atoms with E-state index in [1.165, 1.54) is 0 Å². The first-order valence-corrected chi connectivity index (χ1v) is 10.1. The standard InChI is InChI=1S/C19H26ClN5O2/c20-14-4-2-13(3-5-14)18(26)24-8-1-9-25(11-10-24)19(27)17-15-12-21-7-6-16(15)22-23-17/h2-5,15-17,21-23H,1,6-12H2. The van der Waals surface area contributed by atoms with Crippen LogP contribution in [0.15, 0.2) is 24.3 Å². The summed E-state index contributed by atoms with van der Waals surface area (Å²) in [6, 6.07) is 7.13. The lowest BCUT2D eigenvalue weighted by atomic mass is 9.89. The van der Waals surface area contributed by atoms with E-state index in [4.69, 9.17) is 11.6 Å². The van der Waals surface area contributed by atoms with Crippen LogP contribution in [0.25, 0.3) is 0 Å². The first kappa shape index (κ1) is 18.7. The van der Waals surface area contributed by atoms with Crippen molar-refractivity contribution in [2.75, 3.05) is 39.3 Å². The molecule has 8 heteroatoms. The Morgan fingerprint density at radius 3 is 2.56 bits per heavy atom. The van der Waals surface area contributed by atoms with Crippen LogP contribution in [0.4, 0.5) is 0 Å². The van der Waals surface area contributed by atoms with E-state index < -0.39 is 0 Å². The minimum Gasteiger partial charge on any atom is -0.339 e. The number of nitrogens with zero attached hydrogens (tertiary/aromatic N) is 2. The van der Waals surface area contributed by atoms with Crippen LogP contribution in [0, 0.1) is 5.92 Å². The van der Waals surface area contributed by atoms with Gasteiger partial charge in [-0.15, -0.1) is 0 Å². The lowest BCUT2D eigenvalue weighted by Crippen LogP contribution is -2.51. The Labute approximate surface area is 164 Å². The highest BCUT2D eigenvalue weighted by Crippen LogP contribution is 2.22. The summed E-state index contributed by atoms with van der Waals surface area (Å²) >= 11 is 5.91. The van der Waals surface area contributed by atoms with Crippen molar-refractivity contribution >= 4 is 23.4 Å². The van der Waals surface area contributed by atoms with Crippen molar-refractivity contribution in [3.8, 4) is 0 Å². The summed E-state index contributed by atoms with van der Waals surface area (Å²) in [6.07, 6.45) is 1.82. The molecule has 0 spiro atoms. The third-order valence-electron chi connectivity index (χ3n) is 5.83. The van der Waals surface area contributed by atoms with Gasteiger partial charge >= 0.3 is 0 Å². The van der Waals surface area contributed by atoms with Crippen molar-refractivity contribution < 1.29 is 9.59 Å². The van der Waals surface area contributed by atoms with Crippen LogP contribution in [0.1, 0.15) is 23.2 Å². The van der Waals surface area contributed by atoms with E-state index >= 15 is 0 Å². The largest absolute Gasteiger partial charge is 0.339 e. The van der Waals surface area contributed by atoms with Crippen molar-refractivity contribution in [1.29, 1.82) is 0 Å². The van der Waals surface area contributed by atoms with Gasteiger partial charge in [-0.05, 0) is 43.7 Å². The third kappa shape index (κ3) is 3.96. The molecule has 3 aliphatic rings. The van der Waals surface area contributed by atoms with E-state index in [0.717, 1.165) is 25.9 Å². The molecule has 146 valence electrons. The number of carbonyl (C=O) groups is 2. The number of rotatable bonds is 2. The summed E-state index contributed by atoms with van der Waals surface area (Å²) < 4.78 is 0. The molecule has 0 radical (unpaired) electrons. The summed E-state index contributed by atoms with van der Waals surface area (Å²) in [5, 5.41) is 4.01. The lowest BCUT2D eigenvalue weighted by Gasteiger charge is -2.30. The van der Waals surface area contributed by atoms with Crippen molar-refractivity contribution in [2.24, 2.45) is 5.92 Å². The van der Waals surface area contributed by atoms with Crippen LogP contribution < -0.4 is 16.2 Å². The molecular formula is C19H26ClN5O2. The number of hydrazine groups is 1. The zero-order chi connectivity index (χ0) is 18.8. The normalized spacial score (nSPS) is 28.6. The van der Waals surface area contributed by atoms with E-state index in [0.29, 0.717) is 42.8 Å². The zero-order valence-corrected chi connectivity index (χ0v) is 16.0. The van der Waals surface area contributed by atoms with Gasteiger partial charge in [-0.25, -0.2) is 5.43 Å². The molecule has 3 heterocycles. The van der Waals surface area contributed by atoms with Gasteiger partial charge in [0.05, 0.1) is 0 Å². The number of amides is 2. The van der Waals surface area contributed by atoms with E-state index in [1.807, 2.05) is 9.80 Å². The van der Waals surface area contributed by atoms with Gasteiger partial charge < -0.3 is 15.1 Å². The molecular weight excluding hydrogens is 366 g/mol. The fourth-order valence-corrected chi connectivity index (χ4v) is 4.40. The Balaban J connectivity index is 1.37. The molecule has 2 amide bonds. The summed E-state index contributed by atoms with van der Waals surface area (Å²) in [4.78, 5) is 29.5. The second-order valence-corrected chi connectivity index (χ2v) is 7.94. The first-order valence-electron chi connectivity index (χ1n) is 9.69. The SMILES string of the molecule is O=C(c1ccc(Cl)cc1)N1CCCN(C(=O)C2NNC3CCNCC32)CC1. The molecule has 3 fully saturated rings. The third-order valence-corrected chi connectivity index (χ3v) is 6.09. The summed E-state index contributed by atoms with van der Waals surface area (Å²) in [5.41, 5.74) is 7.13. The number of piperidine rings is 1. The Bertz CT molecular complexity index is 698. The highest BCUT2D eigenvalue weighted by molar-refractivity contribution is 6.30. The van der Waals surface area contributed by atoms with Crippen molar-refractivity contribution in [3.63, 3.8) is 0 Å². The van der Waals surface area contributed by atoms with Crippen molar-refractivity contribution in [2.45, 2.75) is 24.9 Å². The van der Waals surface area contributed by atoms with Gasteiger partial charge in [0.1, 0.15) is 6.04 Å². The predicted octanol–water partition coefficient (Wildman–Crippen LogP) is 0.469. The Morgan fingerprint density at radius 1 is 1.00 bits per heavy atom. The van der Waals surface area contributed by atoms with Crippen molar-refractivity contribution in [1.82, 2.24) is 26.0 Å². The van der Waals surface area contributed by atoms with Crippen LogP contribution in [-0.2, 0) is 4.79 Å². The van der Waals surface area contributed by atoms with Gasteiger partial charge in [0, 0.05) is 55.3 Å². The van der Waals surface area contributed by atoms with Crippen LogP contribution >= 0.6 is 11.6 Å². The van der Waals surface area contributed by atoms with Crippen molar-refractivity contribution in [3.05, 3.63) is 34.9 Å². The molecule has 0 saturated carbocycles. The molecule has 0 bridgehead atoms. The summed E-state index contributed by atoms with van der Waals surface area (Å²) in [6.45, 7) is 4.32. The number of fused-ring (bicyclic) bond motifs is 1. The quantitative estimate of drug-likeness (QED) is 0.683. The highest BCUT2D eigenvalue weighted by atomic mass is 35.5. The monoisotopic (exact) mass is 391 g/mol. The molecule has 3 N–H and O–H groups in total. The maximum Gasteiger partial charge on any atom is 0.253 e. The Hall–Kier alpha value is -1.67. The molecule has 0 aliphatic carbocycles. The fraction of sp³-hybridized carbons (Fsp3) is 0.579. The maximum absolute atomic E-state index is 13.1. The second kappa shape index (κ2) is 8.14. The van der Waals surface area contributed by atoms with Gasteiger partial charge in [0.25, 0.3) is 5.91 Å². The fourth-order valence-electron chi connectivity index (χ4n) is 4.27. The van der Waals surface area contributed by atoms with E-state index in [9.17, 15) is 9.59 Å². The number of halogens is 1. The Kier molecular flexibility index (Phi) is 5.63. The average molecular weight is 392 g/mol. The van der Waals surface area contributed by atoms with Crippen LogP contribution in [-0.4, -0.2) is 73.0 Å². The molecule has 27 heavy (non-hydrogen) atoms. The molecule has 1 aromatic rings. The molecule has 3 atom stereocenters. The van der Waals surface area contributed by atoms with E-state index in [-0.39, 0.29) is 23.8 Å². The smallest absolute Gasteiger partial charge is 0.253 e. The molecule has 1 aromatic carbocycles. The lowest BCUT2D eigenvalue weighted by molar-refractivity contribution is -0.134.